The van der Waals surface area contributed by atoms with Crippen LogP contribution in [0.15, 0.2) is 42.0 Å². The molecule has 0 aliphatic rings. The third-order valence-electron chi connectivity index (χ3n) is 4.93. The average Bonchev–Trinajstić information content (AvgIpc) is 3.22. The number of rotatable bonds is 10. The van der Waals surface area contributed by atoms with E-state index in [1.54, 1.807) is 23.6 Å². The summed E-state index contributed by atoms with van der Waals surface area (Å²) in [5, 5.41) is 3.78. The highest BCUT2D eigenvalue weighted by Crippen LogP contribution is 2.22. The van der Waals surface area contributed by atoms with E-state index >= 15 is 0 Å². The SMILES string of the molecule is CCCc1cccc2ncsc12.C[C@H](CCC=O)N(C)CCNc1ccnc(Cl)c1. The number of anilines is 1. The summed E-state index contributed by atoms with van der Waals surface area (Å²) in [6, 6.07) is 10.5. The molecule has 0 unspecified atom stereocenters. The monoisotopic (exact) mass is 446 g/mol. The van der Waals surface area contributed by atoms with Crippen LogP contribution >= 0.6 is 22.9 Å². The minimum absolute atomic E-state index is 0.415. The molecule has 0 bridgehead atoms. The average molecular weight is 447 g/mol. The zero-order valence-corrected chi connectivity index (χ0v) is 19.5. The van der Waals surface area contributed by atoms with Crippen LogP contribution in [0.5, 0.6) is 0 Å². The van der Waals surface area contributed by atoms with Gasteiger partial charge >= 0.3 is 0 Å². The molecular formula is C23H31ClN4OS. The number of halogens is 1. The van der Waals surface area contributed by atoms with Gasteiger partial charge in [-0.25, -0.2) is 9.97 Å². The molecule has 0 fully saturated rings. The van der Waals surface area contributed by atoms with Gasteiger partial charge in [0.25, 0.3) is 0 Å². The molecule has 1 aromatic carbocycles. The summed E-state index contributed by atoms with van der Waals surface area (Å²) in [5.74, 6) is 0. The van der Waals surface area contributed by atoms with Crippen molar-refractivity contribution in [2.45, 2.75) is 45.6 Å². The number of aryl methyl sites for hydroxylation is 1. The van der Waals surface area contributed by atoms with E-state index in [9.17, 15) is 4.79 Å². The predicted octanol–water partition coefficient (Wildman–Crippen LogP) is 5.70. The van der Waals surface area contributed by atoms with Crippen LogP contribution in [0.25, 0.3) is 10.2 Å². The van der Waals surface area contributed by atoms with Crippen LogP contribution in [0.1, 0.15) is 38.7 Å². The predicted molar refractivity (Wildman–Crippen MR) is 129 cm³/mol. The quantitative estimate of drug-likeness (QED) is 0.320. The molecule has 0 aliphatic heterocycles. The molecule has 3 aromatic rings. The van der Waals surface area contributed by atoms with Gasteiger partial charge in [-0.1, -0.05) is 37.1 Å². The molecule has 0 saturated carbocycles. The molecule has 0 radical (unpaired) electrons. The van der Waals surface area contributed by atoms with Gasteiger partial charge in [-0.2, -0.15) is 0 Å². The number of carbonyl (C=O) groups excluding carboxylic acids is 1. The number of benzene rings is 1. The zero-order chi connectivity index (χ0) is 21.8. The van der Waals surface area contributed by atoms with Crippen molar-refractivity contribution in [3.8, 4) is 0 Å². The molecular weight excluding hydrogens is 416 g/mol. The maximum Gasteiger partial charge on any atom is 0.131 e. The van der Waals surface area contributed by atoms with E-state index in [1.807, 2.05) is 11.6 Å². The van der Waals surface area contributed by atoms with Crippen molar-refractivity contribution in [2.75, 3.05) is 25.5 Å². The standard InChI is InChI=1S/C13H20ClN3O.C10H11NS/c1-11(4-3-9-18)17(2)8-7-15-12-5-6-16-13(14)10-12;1-2-4-8-5-3-6-9-10(8)12-7-11-9/h5-6,9-11H,3-4,7-8H2,1-2H3,(H,15,16);3,5-7H,2,4H2,1H3/t11-;/m1./s1. The number of nitrogens with zero attached hydrogens (tertiary/aromatic N) is 3. The smallest absolute Gasteiger partial charge is 0.131 e. The van der Waals surface area contributed by atoms with Crippen molar-refractivity contribution in [3.05, 3.63) is 52.8 Å². The van der Waals surface area contributed by atoms with Gasteiger partial charge < -0.3 is 15.0 Å². The lowest BCUT2D eigenvalue weighted by atomic mass is 10.1. The first-order valence-corrected chi connectivity index (χ1v) is 11.6. The summed E-state index contributed by atoms with van der Waals surface area (Å²) in [6.45, 7) is 6.09. The number of likely N-dealkylation sites (N-methyl/N-ethyl adjacent to an activating group) is 1. The molecule has 0 spiro atoms. The summed E-state index contributed by atoms with van der Waals surface area (Å²) in [7, 11) is 2.07. The normalized spacial score (nSPS) is 11.8. The Morgan fingerprint density at radius 1 is 1.30 bits per heavy atom. The number of hydrogen-bond acceptors (Lipinski definition) is 6. The van der Waals surface area contributed by atoms with E-state index in [-0.39, 0.29) is 0 Å². The first-order valence-electron chi connectivity index (χ1n) is 10.4. The summed E-state index contributed by atoms with van der Waals surface area (Å²) < 4.78 is 1.36. The number of fused-ring (bicyclic) bond motifs is 1. The number of nitrogens with one attached hydrogen (secondary N) is 1. The van der Waals surface area contributed by atoms with Gasteiger partial charge in [0.05, 0.1) is 15.7 Å². The Kier molecular flexibility index (Phi) is 10.8. The summed E-state index contributed by atoms with van der Waals surface area (Å²) in [6.07, 6.45) is 6.55. The van der Waals surface area contributed by atoms with Gasteiger partial charge in [0.2, 0.25) is 0 Å². The number of aldehydes is 1. The van der Waals surface area contributed by atoms with Crippen LogP contribution in [-0.4, -0.2) is 47.3 Å². The highest BCUT2D eigenvalue weighted by molar-refractivity contribution is 7.16. The van der Waals surface area contributed by atoms with Crippen molar-refractivity contribution >= 4 is 45.1 Å². The molecule has 3 rings (SSSR count). The fourth-order valence-corrected chi connectivity index (χ4v) is 4.06. The maximum absolute atomic E-state index is 10.3. The minimum atomic E-state index is 0.415. The molecule has 0 amide bonds. The molecule has 162 valence electrons. The van der Waals surface area contributed by atoms with Crippen molar-refractivity contribution in [1.29, 1.82) is 0 Å². The van der Waals surface area contributed by atoms with E-state index in [0.29, 0.717) is 17.6 Å². The van der Waals surface area contributed by atoms with Crippen LogP contribution in [0, 0.1) is 0 Å². The highest BCUT2D eigenvalue weighted by atomic mass is 35.5. The number of pyridine rings is 1. The molecule has 30 heavy (non-hydrogen) atoms. The summed E-state index contributed by atoms with van der Waals surface area (Å²) in [4.78, 5) is 20.8. The Morgan fingerprint density at radius 3 is 2.87 bits per heavy atom. The number of thiazole rings is 1. The van der Waals surface area contributed by atoms with E-state index in [2.05, 4.69) is 59.3 Å². The molecule has 1 N–H and O–H groups in total. The van der Waals surface area contributed by atoms with Gasteiger partial charge in [-0.15, -0.1) is 11.3 Å². The molecule has 1 atom stereocenters. The van der Waals surface area contributed by atoms with E-state index in [4.69, 9.17) is 11.6 Å². The van der Waals surface area contributed by atoms with Crippen molar-refractivity contribution in [3.63, 3.8) is 0 Å². The molecule has 0 aliphatic carbocycles. The lowest BCUT2D eigenvalue weighted by molar-refractivity contribution is -0.108. The van der Waals surface area contributed by atoms with Crippen LogP contribution in [0.2, 0.25) is 5.15 Å². The van der Waals surface area contributed by atoms with Crippen molar-refractivity contribution in [2.24, 2.45) is 0 Å². The maximum atomic E-state index is 10.3. The highest BCUT2D eigenvalue weighted by Gasteiger charge is 2.07. The lowest BCUT2D eigenvalue weighted by Crippen LogP contribution is -2.33. The first-order chi connectivity index (χ1) is 14.5. The summed E-state index contributed by atoms with van der Waals surface area (Å²) >= 11 is 7.54. The largest absolute Gasteiger partial charge is 0.384 e. The van der Waals surface area contributed by atoms with Gasteiger partial charge in [0.15, 0.2) is 0 Å². The Labute approximate surface area is 188 Å². The third kappa shape index (κ3) is 8.01. The lowest BCUT2D eigenvalue weighted by Gasteiger charge is -2.24. The Bertz CT molecular complexity index is 902. The second-order valence-corrected chi connectivity index (χ2v) is 8.48. The third-order valence-corrected chi connectivity index (χ3v) is 6.06. The van der Waals surface area contributed by atoms with Crippen LogP contribution in [-0.2, 0) is 11.2 Å². The van der Waals surface area contributed by atoms with Gasteiger partial charge in [0.1, 0.15) is 11.4 Å². The Balaban J connectivity index is 0.000000230. The van der Waals surface area contributed by atoms with E-state index in [1.165, 1.54) is 23.1 Å². The van der Waals surface area contributed by atoms with Crippen molar-refractivity contribution < 1.29 is 4.79 Å². The fraction of sp³-hybridized carbons (Fsp3) is 0.435. The van der Waals surface area contributed by atoms with Crippen molar-refractivity contribution in [1.82, 2.24) is 14.9 Å². The molecule has 2 heterocycles. The number of carbonyl (C=O) groups is 1. The van der Waals surface area contributed by atoms with E-state index < -0.39 is 0 Å². The fourth-order valence-electron chi connectivity index (χ4n) is 3.05. The van der Waals surface area contributed by atoms with Gasteiger partial charge in [-0.05, 0) is 50.6 Å². The number of hydrogen-bond donors (Lipinski definition) is 1. The molecule has 7 heteroatoms. The first kappa shape index (κ1) is 24.3. The Morgan fingerprint density at radius 2 is 2.13 bits per heavy atom. The second kappa shape index (κ2) is 13.3. The van der Waals surface area contributed by atoms with Crippen LogP contribution < -0.4 is 5.32 Å². The van der Waals surface area contributed by atoms with E-state index in [0.717, 1.165) is 37.0 Å². The second-order valence-electron chi connectivity index (χ2n) is 7.24. The van der Waals surface area contributed by atoms with Gasteiger partial charge in [-0.3, -0.25) is 0 Å². The van der Waals surface area contributed by atoms with Crippen LogP contribution in [0.4, 0.5) is 5.69 Å². The molecule has 0 saturated heterocycles. The summed E-state index contributed by atoms with van der Waals surface area (Å²) in [5.41, 5.74) is 5.48. The molecule has 5 nitrogen and oxygen atoms in total. The minimum Gasteiger partial charge on any atom is -0.384 e. The van der Waals surface area contributed by atoms with Crippen LogP contribution in [0.3, 0.4) is 0 Å². The topological polar surface area (TPSA) is 58.1 Å². The van der Waals surface area contributed by atoms with Gasteiger partial charge in [0, 0.05) is 37.4 Å². The Hall–Kier alpha value is -2.02. The molecule has 2 aromatic heterocycles. The zero-order valence-electron chi connectivity index (χ0n) is 18.0. The number of aromatic nitrogens is 2.